The molecular weight excluding hydrogens is 184 g/mol. The van der Waals surface area contributed by atoms with Crippen LogP contribution < -0.4 is 5.73 Å². The number of rotatable bonds is 3. The number of nitrogens with zero attached hydrogens (tertiary/aromatic N) is 1. The van der Waals surface area contributed by atoms with Gasteiger partial charge in [0.15, 0.2) is 0 Å². The standard InChI is InChI=1S/C13H26N2/c1-3-10(2)7-15-8-11-5-4-6-13(14)12(11)9-15/h10-13H,3-9,14H2,1-2H3. The molecule has 2 nitrogen and oxygen atoms in total. The van der Waals surface area contributed by atoms with E-state index in [2.05, 4.69) is 18.7 Å². The molecule has 1 aliphatic heterocycles. The van der Waals surface area contributed by atoms with Crippen molar-refractivity contribution in [3.05, 3.63) is 0 Å². The first kappa shape index (κ1) is 11.4. The fourth-order valence-corrected chi connectivity index (χ4v) is 3.33. The Morgan fingerprint density at radius 1 is 1.33 bits per heavy atom. The van der Waals surface area contributed by atoms with Crippen molar-refractivity contribution >= 4 is 0 Å². The van der Waals surface area contributed by atoms with Gasteiger partial charge in [0.1, 0.15) is 0 Å². The Bertz CT molecular complexity index is 205. The molecule has 0 aromatic rings. The lowest BCUT2D eigenvalue weighted by atomic mass is 9.78. The van der Waals surface area contributed by atoms with Gasteiger partial charge in [0.25, 0.3) is 0 Å². The number of nitrogens with two attached hydrogens (primary N) is 1. The maximum absolute atomic E-state index is 6.22. The van der Waals surface area contributed by atoms with Gasteiger partial charge in [0.2, 0.25) is 0 Å². The van der Waals surface area contributed by atoms with Gasteiger partial charge < -0.3 is 10.6 Å². The van der Waals surface area contributed by atoms with Gasteiger partial charge in [-0.25, -0.2) is 0 Å². The van der Waals surface area contributed by atoms with Crippen LogP contribution in [0, 0.1) is 17.8 Å². The zero-order valence-corrected chi connectivity index (χ0v) is 10.3. The number of likely N-dealkylation sites (tertiary alicyclic amines) is 1. The minimum absolute atomic E-state index is 0.491. The summed E-state index contributed by atoms with van der Waals surface area (Å²) in [4.78, 5) is 2.66. The van der Waals surface area contributed by atoms with E-state index >= 15 is 0 Å². The highest BCUT2D eigenvalue weighted by atomic mass is 15.2. The lowest BCUT2D eigenvalue weighted by Crippen LogP contribution is -2.38. The molecule has 1 saturated carbocycles. The molecule has 1 saturated heterocycles. The summed E-state index contributed by atoms with van der Waals surface area (Å²) in [6.45, 7) is 8.54. The summed E-state index contributed by atoms with van der Waals surface area (Å²) in [7, 11) is 0. The molecule has 0 bridgehead atoms. The lowest BCUT2D eigenvalue weighted by Gasteiger charge is -2.29. The van der Waals surface area contributed by atoms with Crippen LogP contribution in [0.1, 0.15) is 39.5 Å². The third kappa shape index (κ3) is 2.54. The molecule has 1 aliphatic carbocycles. The van der Waals surface area contributed by atoms with Crippen LogP contribution in [-0.4, -0.2) is 30.6 Å². The molecule has 2 fully saturated rings. The fraction of sp³-hybridized carbons (Fsp3) is 1.00. The fourth-order valence-electron chi connectivity index (χ4n) is 3.33. The van der Waals surface area contributed by atoms with Gasteiger partial charge in [-0.15, -0.1) is 0 Å². The van der Waals surface area contributed by atoms with E-state index in [1.807, 2.05) is 0 Å². The molecule has 1 heterocycles. The smallest absolute Gasteiger partial charge is 0.00825 e. The van der Waals surface area contributed by atoms with Crippen LogP contribution in [0.25, 0.3) is 0 Å². The molecular formula is C13H26N2. The van der Waals surface area contributed by atoms with Gasteiger partial charge in [-0.3, -0.25) is 0 Å². The van der Waals surface area contributed by atoms with Gasteiger partial charge in [0, 0.05) is 25.7 Å². The van der Waals surface area contributed by atoms with Gasteiger partial charge in [-0.1, -0.05) is 26.7 Å². The van der Waals surface area contributed by atoms with Crippen LogP contribution in [0.2, 0.25) is 0 Å². The topological polar surface area (TPSA) is 29.3 Å². The second kappa shape index (κ2) is 4.84. The molecule has 2 N–H and O–H groups in total. The van der Waals surface area contributed by atoms with Gasteiger partial charge >= 0.3 is 0 Å². The number of hydrogen-bond donors (Lipinski definition) is 1. The third-order valence-corrected chi connectivity index (χ3v) is 4.50. The van der Waals surface area contributed by atoms with E-state index in [-0.39, 0.29) is 0 Å². The molecule has 4 unspecified atom stereocenters. The summed E-state index contributed by atoms with van der Waals surface area (Å²) in [5.74, 6) is 2.57. The van der Waals surface area contributed by atoms with E-state index in [4.69, 9.17) is 5.73 Å². The third-order valence-electron chi connectivity index (χ3n) is 4.50. The summed E-state index contributed by atoms with van der Waals surface area (Å²) in [5.41, 5.74) is 6.22. The van der Waals surface area contributed by atoms with Gasteiger partial charge in [0.05, 0.1) is 0 Å². The summed E-state index contributed by atoms with van der Waals surface area (Å²) >= 11 is 0. The zero-order chi connectivity index (χ0) is 10.8. The Labute approximate surface area is 94.2 Å². The molecule has 88 valence electrons. The normalized spacial score (nSPS) is 39.0. The molecule has 0 aromatic heterocycles. The van der Waals surface area contributed by atoms with Crippen molar-refractivity contribution in [2.24, 2.45) is 23.5 Å². The predicted octanol–water partition coefficient (Wildman–Crippen LogP) is 2.09. The average molecular weight is 210 g/mol. The highest BCUT2D eigenvalue weighted by Crippen LogP contribution is 2.35. The Hall–Kier alpha value is -0.0800. The van der Waals surface area contributed by atoms with E-state index in [1.54, 1.807) is 0 Å². The molecule has 2 heteroatoms. The van der Waals surface area contributed by atoms with Crippen molar-refractivity contribution in [2.75, 3.05) is 19.6 Å². The van der Waals surface area contributed by atoms with Crippen LogP contribution in [0.15, 0.2) is 0 Å². The van der Waals surface area contributed by atoms with Crippen LogP contribution in [-0.2, 0) is 0 Å². The van der Waals surface area contributed by atoms with E-state index in [9.17, 15) is 0 Å². The van der Waals surface area contributed by atoms with Crippen molar-refractivity contribution in [3.63, 3.8) is 0 Å². The Morgan fingerprint density at radius 3 is 2.80 bits per heavy atom. The SMILES string of the molecule is CCC(C)CN1CC2CCCC(N)C2C1. The second-order valence-electron chi connectivity index (χ2n) is 5.75. The van der Waals surface area contributed by atoms with E-state index in [0.717, 1.165) is 17.8 Å². The zero-order valence-electron chi connectivity index (χ0n) is 10.3. The van der Waals surface area contributed by atoms with Crippen molar-refractivity contribution in [1.82, 2.24) is 4.90 Å². The molecule has 4 atom stereocenters. The second-order valence-corrected chi connectivity index (χ2v) is 5.75. The summed E-state index contributed by atoms with van der Waals surface area (Å²) in [6.07, 6.45) is 5.35. The molecule has 0 radical (unpaired) electrons. The average Bonchev–Trinajstić information content (AvgIpc) is 2.62. The molecule has 0 amide bonds. The van der Waals surface area contributed by atoms with Gasteiger partial charge in [-0.2, -0.15) is 0 Å². The predicted molar refractivity (Wildman–Crippen MR) is 64.7 cm³/mol. The largest absolute Gasteiger partial charge is 0.327 e. The Morgan fingerprint density at radius 2 is 2.13 bits per heavy atom. The highest BCUT2D eigenvalue weighted by Gasteiger charge is 2.38. The minimum atomic E-state index is 0.491. The Balaban J connectivity index is 1.87. The van der Waals surface area contributed by atoms with E-state index in [0.29, 0.717) is 6.04 Å². The van der Waals surface area contributed by atoms with Crippen LogP contribution in [0.5, 0.6) is 0 Å². The molecule has 2 rings (SSSR count). The maximum Gasteiger partial charge on any atom is 0.00825 e. The number of hydrogen-bond acceptors (Lipinski definition) is 2. The Kier molecular flexibility index (Phi) is 3.68. The summed E-state index contributed by atoms with van der Waals surface area (Å²) < 4.78 is 0. The van der Waals surface area contributed by atoms with E-state index < -0.39 is 0 Å². The van der Waals surface area contributed by atoms with Crippen LogP contribution in [0.4, 0.5) is 0 Å². The summed E-state index contributed by atoms with van der Waals surface area (Å²) in [5, 5.41) is 0. The van der Waals surface area contributed by atoms with Crippen LogP contribution >= 0.6 is 0 Å². The minimum Gasteiger partial charge on any atom is -0.327 e. The molecule has 15 heavy (non-hydrogen) atoms. The first-order valence-corrected chi connectivity index (χ1v) is 6.68. The number of fused-ring (bicyclic) bond motifs is 1. The van der Waals surface area contributed by atoms with Gasteiger partial charge in [-0.05, 0) is 30.6 Å². The first-order valence-electron chi connectivity index (χ1n) is 6.68. The quantitative estimate of drug-likeness (QED) is 0.773. The van der Waals surface area contributed by atoms with Crippen molar-refractivity contribution < 1.29 is 0 Å². The maximum atomic E-state index is 6.22. The first-order chi connectivity index (χ1) is 7.20. The summed E-state index contributed by atoms with van der Waals surface area (Å²) in [6, 6.07) is 0.491. The van der Waals surface area contributed by atoms with E-state index in [1.165, 1.54) is 45.3 Å². The molecule has 0 aromatic carbocycles. The monoisotopic (exact) mass is 210 g/mol. The molecule has 0 spiro atoms. The molecule has 2 aliphatic rings. The van der Waals surface area contributed by atoms with Crippen molar-refractivity contribution in [2.45, 2.75) is 45.6 Å². The van der Waals surface area contributed by atoms with Crippen LogP contribution in [0.3, 0.4) is 0 Å². The highest BCUT2D eigenvalue weighted by molar-refractivity contribution is 4.93. The van der Waals surface area contributed by atoms with Crippen molar-refractivity contribution in [1.29, 1.82) is 0 Å². The van der Waals surface area contributed by atoms with Crippen molar-refractivity contribution in [3.8, 4) is 0 Å². The lowest BCUT2D eigenvalue weighted by molar-refractivity contribution is 0.257.